The number of piperidine rings is 1. The van der Waals surface area contributed by atoms with Gasteiger partial charge in [0.1, 0.15) is 5.75 Å². The van der Waals surface area contributed by atoms with E-state index in [2.05, 4.69) is 0 Å². The minimum Gasteiger partial charge on any atom is -0.339 e. The quantitative estimate of drug-likeness (QED) is 0.785. The molecule has 0 bridgehead atoms. The molecule has 1 aliphatic carbocycles. The van der Waals surface area contributed by atoms with E-state index in [1.165, 1.54) is 19.3 Å². The number of sulfone groups is 1. The van der Waals surface area contributed by atoms with Crippen LogP contribution in [-0.2, 0) is 14.6 Å². The molecule has 0 N–H and O–H groups in total. The van der Waals surface area contributed by atoms with Gasteiger partial charge in [0.05, 0.1) is 5.25 Å². The van der Waals surface area contributed by atoms with Crippen LogP contribution in [0.5, 0.6) is 0 Å². The standard InChI is InChI=1S/C13H23NO3S/c1-10(2)18(16,17)9-13(15)14-8-4-6-11-5-3-7-12(11)14/h10-12H,3-9H2,1-2H3/t11-,12-/m1/s1. The van der Waals surface area contributed by atoms with Crippen molar-refractivity contribution in [3.63, 3.8) is 0 Å². The van der Waals surface area contributed by atoms with Crippen LogP contribution < -0.4 is 0 Å². The molecule has 18 heavy (non-hydrogen) atoms. The first kappa shape index (κ1) is 13.8. The fourth-order valence-electron chi connectivity index (χ4n) is 3.19. The number of amides is 1. The van der Waals surface area contributed by atoms with Crippen molar-refractivity contribution in [1.82, 2.24) is 4.90 Å². The lowest BCUT2D eigenvalue weighted by Gasteiger charge is -2.37. The minimum atomic E-state index is -3.27. The zero-order valence-corrected chi connectivity index (χ0v) is 12.1. The van der Waals surface area contributed by atoms with E-state index in [0.717, 1.165) is 19.4 Å². The first-order valence-electron chi connectivity index (χ1n) is 6.93. The molecule has 1 saturated heterocycles. The monoisotopic (exact) mass is 273 g/mol. The highest BCUT2D eigenvalue weighted by Crippen LogP contribution is 2.36. The van der Waals surface area contributed by atoms with E-state index in [4.69, 9.17) is 0 Å². The lowest BCUT2D eigenvalue weighted by Crippen LogP contribution is -2.48. The van der Waals surface area contributed by atoms with Crippen molar-refractivity contribution in [3.05, 3.63) is 0 Å². The third-order valence-electron chi connectivity index (χ3n) is 4.36. The van der Waals surface area contributed by atoms with Gasteiger partial charge in [0.2, 0.25) is 5.91 Å². The summed E-state index contributed by atoms with van der Waals surface area (Å²) in [5.74, 6) is 0.123. The Hall–Kier alpha value is -0.580. The van der Waals surface area contributed by atoms with E-state index in [-0.39, 0.29) is 11.7 Å². The second-order valence-corrected chi connectivity index (χ2v) is 8.40. The highest BCUT2D eigenvalue weighted by atomic mass is 32.2. The number of nitrogens with zero attached hydrogens (tertiary/aromatic N) is 1. The number of carbonyl (C=O) groups is 1. The van der Waals surface area contributed by atoms with E-state index in [9.17, 15) is 13.2 Å². The van der Waals surface area contributed by atoms with Gasteiger partial charge in [-0.3, -0.25) is 4.79 Å². The Labute approximate surface area is 110 Å². The highest BCUT2D eigenvalue weighted by Gasteiger charge is 2.38. The van der Waals surface area contributed by atoms with Crippen LogP contribution in [0, 0.1) is 5.92 Å². The van der Waals surface area contributed by atoms with Crippen LogP contribution in [0.3, 0.4) is 0 Å². The fourth-order valence-corrected chi connectivity index (χ4v) is 4.03. The van der Waals surface area contributed by atoms with E-state index in [0.29, 0.717) is 12.0 Å². The van der Waals surface area contributed by atoms with Gasteiger partial charge >= 0.3 is 0 Å². The molecule has 0 aromatic carbocycles. The van der Waals surface area contributed by atoms with Gasteiger partial charge in [0, 0.05) is 12.6 Å². The molecule has 104 valence electrons. The maximum Gasteiger partial charge on any atom is 0.238 e. The molecule has 1 saturated carbocycles. The van der Waals surface area contributed by atoms with Crippen molar-refractivity contribution < 1.29 is 13.2 Å². The summed E-state index contributed by atoms with van der Waals surface area (Å²) < 4.78 is 23.7. The fraction of sp³-hybridized carbons (Fsp3) is 0.923. The number of fused-ring (bicyclic) bond motifs is 1. The second-order valence-electron chi connectivity index (χ2n) is 5.84. The lowest BCUT2D eigenvalue weighted by molar-refractivity contribution is -0.133. The molecule has 0 unspecified atom stereocenters. The summed E-state index contributed by atoms with van der Waals surface area (Å²) in [6.45, 7) is 4.02. The number of carbonyl (C=O) groups excluding carboxylic acids is 1. The Morgan fingerprint density at radius 3 is 2.56 bits per heavy atom. The molecule has 0 radical (unpaired) electrons. The lowest BCUT2D eigenvalue weighted by atomic mass is 9.92. The first-order valence-corrected chi connectivity index (χ1v) is 8.64. The zero-order chi connectivity index (χ0) is 13.3. The van der Waals surface area contributed by atoms with Crippen molar-refractivity contribution in [3.8, 4) is 0 Å². The number of likely N-dealkylation sites (tertiary alicyclic amines) is 1. The normalized spacial score (nSPS) is 28.5. The smallest absolute Gasteiger partial charge is 0.238 e. The SMILES string of the molecule is CC(C)S(=O)(=O)CC(=O)N1CCC[C@H]2CCC[C@H]21. The summed E-state index contributed by atoms with van der Waals surface area (Å²) in [6, 6.07) is 0.314. The summed E-state index contributed by atoms with van der Waals surface area (Å²) in [4.78, 5) is 14.1. The molecule has 2 rings (SSSR count). The Morgan fingerprint density at radius 2 is 1.89 bits per heavy atom. The highest BCUT2D eigenvalue weighted by molar-refractivity contribution is 7.92. The molecule has 4 nitrogen and oxygen atoms in total. The van der Waals surface area contributed by atoms with Crippen molar-refractivity contribution in [2.45, 2.75) is 57.2 Å². The van der Waals surface area contributed by atoms with Crippen LogP contribution in [0.15, 0.2) is 0 Å². The Balaban J connectivity index is 2.05. The van der Waals surface area contributed by atoms with E-state index >= 15 is 0 Å². The van der Waals surface area contributed by atoms with Crippen molar-refractivity contribution in [2.75, 3.05) is 12.3 Å². The van der Waals surface area contributed by atoms with Gasteiger partial charge in [0.15, 0.2) is 9.84 Å². The Morgan fingerprint density at radius 1 is 1.22 bits per heavy atom. The predicted octanol–water partition coefficient (Wildman–Crippen LogP) is 1.60. The van der Waals surface area contributed by atoms with Crippen LogP contribution in [0.2, 0.25) is 0 Å². The summed E-state index contributed by atoms with van der Waals surface area (Å²) in [7, 11) is -3.27. The van der Waals surface area contributed by atoms with Crippen molar-refractivity contribution in [2.24, 2.45) is 5.92 Å². The van der Waals surface area contributed by atoms with Crippen LogP contribution in [0.4, 0.5) is 0 Å². The summed E-state index contributed by atoms with van der Waals surface area (Å²) in [5.41, 5.74) is 0. The van der Waals surface area contributed by atoms with Crippen LogP contribution in [0.25, 0.3) is 0 Å². The van der Waals surface area contributed by atoms with Gasteiger partial charge in [-0.1, -0.05) is 6.42 Å². The topological polar surface area (TPSA) is 54.5 Å². The van der Waals surface area contributed by atoms with E-state index in [1.54, 1.807) is 13.8 Å². The predicted molar refractivity (Wildman–Crippen MR) is 71.0 cm³/mol. The van der Waals surface area contributed by atoms with Gasteiger partial charge in [0.25, 0.3) is 0 Å². The molecule has 2 aliphatic rings. The second kappa shape index (κ2) is 5.19. The van der Waals surface area contributed by atoms with E-state index in [1.807, 2.05) is 4.90 Å². The third-order valence-corrected chi connectivity index (χ3v) is 6.44. The minimum absolute atomic E-state index is 0.180. The van der Waals surface area contributed by atoms with Gasteiger partial charge < -0.3 is 4.90 Å². The molecule has 1 amide bonds. The maximum atomic E-state index is 12.2. The van der Waals surface area contributed by atoms with Gasteiger partial charge in [-0.15, -0.1) is 0 Å². The van der Waals surface area contributed by atoms with Gasteiger partial charge in [-0.05, 0) is 45.4 Å². The van der Waals surface area contributed by atoms with E-state index < -0.39 is 15.1 Å². The molecule has 1 aliphatic heterocycles. The third kappa shape index (κ3) is 2.71. The Kier molecular flexibility index (Phi) is 3.99. The number of hydrogen-bond acceptors (Lipinski definition) is 3. The van der Waals surface area contributed by atoms with Crippen LogP contribution >= 0.6 is 0 Å². The molecule has 1 heterocycles. The largest absolute Gasteiger partial charge is 0.339 e. The molecule has 2 fully saturated rings. The van der Waals surface area contributed by atoms with Crippen LogP contribution in [0.1, 0.15) is 46.0 Å². The average Bonchev–Trinajstić information content (AvgIpc) is 2.75. The molecule has 0 aromatic rings. The molecular formula is C13H23NO3S. The summed E-state index contributed by atoms with van der Waals surface area (Å²) in [5, 5.41) is -0.467. The molecule has 0 spiro atoms. The molecule has 0 aromatic heterocycles. The summed E-state index contributed by atoms with van der Waals surface area (Å²) >= 11 is 0. The van der Waals surface area contributed by atoms with Gasteiger partial charge in [-0.2, -0.15) is 0 Å². The molecule has 2 atom stereocenters. The Bertz CT molecular complexity index is 416. The number of rotatable bonds is 3. The van der Waals surface area contributed by atoms with Gasteiger partial charge in [-0.25, -0.2) is 8.42 Å². The van der Waals surface area contributed by atoms with Crippen molar-refractivity contribution >= 4 is 15.7 Å². The summed E-state index contributed by atoms with van der Waals surface area (Å²) in [6.07, 6.45) is 5.65. The molecular weight excluding hydrogens is 250 g/mol. The maximum absolute atomic E-state index is 12.2. The van der Waals surface area contributed by atoms with Crippen molar-refractivity contribution in [1.29, 1.82) is 0 Å². The van der Waals surface area contributed by atoms with Crippen LogP contribution in [-0.4, -0.2) is 42.8 Å². The first-order chi connectivity index (χ1) is 8.42. The average molecular weight is 273 g/mol. The zero-order valence-electron chi connectivity index (χ0n) is 11.3. The number of hydrogen-bond donors (Lipinski definition) is 0. The molecule has 5 heteroatoms.